The summed E-state index contributed by atoms with van der Waals surface area (Å²) in [5, 5.41) is 15.1. The zero-order chi connectivity index (χ0) is 15.1. The van der Waals surface area contributed by atoms with Crippen LogP contribution in [0.2, 0.25) is 0 Å². The van der Waals surface area contributed by atoms with E-state index in [0.29, 0.717) is 12.5 Å². The molecule has 0 aromatic heterocycles. The summed E-state index contributed by atoms with van der Waals surface area (Å²) in [4.78, 5) is 11.6. The Morgan fingerprint density at radius 2 is 2.05 bits per heavy atom. The van der Waals surface area contributed by atoms with E-state index >= 15 is 0 Å². The number of benzene rings is 1. The van der Waals surface area contributed by atoms with Crippen molar-refractivity contribution in [2.75, 3.05) is 19.8 Å². The molecule has 0 heterocycles. The lowest BCUT2D eigenvalue weighted by Gasteiger charge is -2.13. The fraction of sp³-hybridized carbons (Fsp3) is 0.562. The molecule has 3 N–H and O–H groups in total. The van der Waals surface area contributed by atoms with Crippen molar-refractivity contribution in [1.29, 1.82) is 0 Å². The molecule has 1 fully saturated rings. The summed E-state index contributed by atoms with van der Waals surface area (Å²) in [6.07, 6.45) is 1.81. The van der Waals surface area contributed by atoms with Crippen molar-refractivity contribution in [2.24, 2.45) is 5.92 Å². The van der Waals surface area contributed by atoms with Crippen molar-refractivity contribution in [3.8, 4) is 0 Å². The van der Waals surface area contributed by atoms with Gasteiger partial charge in [-0.05, 0) is 31.2 Å². The van der Waals surface area contributed by atoms with Gasteiger partial charge in [0.05, 0.1) is 12.7 Å². The van der Waals surface area contributed by atoms with Crippen LogP contribution >= 0.6 is 0 Å². The highest BCUT2D eigenvalue weighted by Gasteiger charge is 2.21. The molecular weight excluding hydrogens is 268 g/mol. The van der Waals surface area contributed by atoms with E-state index in [1.54, 1.807) is 0 Å². The normalized spacial score (nSPS) is 15.5. The van der Waals surface area contributed by atoms with Gasteiger partial charge in [-0.15, -0.1) is 0 Å². The number of rotatable bonds is 8. The Bertz CT molecular complexity index is 443. The van der Waals surface area contributed by atoms with Crippen molar-refractivity contribution < 1.29 is 14.6 Å². The highest BCUT2D eigenvalue weighted by molar-refractivity contribution is 5.73. The highest BCUT2D eigenvalue weighted by Crippen LogP contribution is 2.28. The van der Waals surface area contributed by atoms with E-state index in [4.69, 9.17) is 4.74 Å². The van der Waals surface area contributed by atoms with Crippen molar-refractivity contribution in [3.05, 3.63) is 35.4 Å². The summed E-state index contributed by atoms with van der Waals surface area (Å²) >= 11 is 0. The summed E-state index contributed by atoms with van der Waals surface area (Å²) in [6, 6.07) is 7.70. The summed E-state index contributed by atoms with van der Waals surface area (Å²) in [5.41, 5.74) is 2.24. The van der Waals surface area contributed by atoms with Crippen LogP contribution in [-0.2, 0) is 11.3 Å². The van der Waals surface area contributed by atoms with E-state index in [2.05, 4.69) is 10.6 Å². The molecule has 1 aromatic carbocycles. The average Bonchev–Trinajstić information content (AvgIpc) is 3.29. The Hall–Kier alpha value is -1.59. The number of carbonyl (C=O) groups excluding carboxylic acids is 1. The zero-order valence-electron chi connectivity index (χ0n) is 12.5. The first kappa shape index (κ1) is 15.8. The number of aryl methyl sites for hydroxylation is 1. The number of urea groups is 1. The molecule has 5 nitrogen and oxygen atoms in total. The van der Waals surface area contributed by atoms with Gasteiger partial charge < -0.3 is 20.5 Å². The zero-order valence-corrected chi connectivity index (χ0v) is 12.5. The first-order valence-electron chi connectivity index (χ1n) is 7.46. The van der Waals surface area contributed by atoms with Gasteiger partial charge in [-0.1, -0.05) is 29.8 Å². The van der Waals surface area contributed by atoms with Crippen molar-refractivity contribution in [1.82, 2.24) is 10.6 Å². The van der Waals surface area contributed by atoms with Crippen molar-refractivity contribution >= 4 is 6.03 Å². The lowest BCUT2D eigenvalue weighted by atomic mass is 10.1. The van der Waals surface area contributed by atoms with Crippen LogP contribution in [0.1, 0.15) is 24.0 Å². The molecule has 1 atom stereocenters. The van der Waals surface area contributed by atoms with Gasteiger partial charge in [0.2, 0.25) is 0 Å². The number of aliphatic hydroxyl groups is 1. The van der Waals surface area contributed by atoms with Crippen LogP contribution in [0.4, 0.5) is 4.79 Å². The summed E-state index contributed by atoms with van der Waals surface area (Å²) in [7, 11) is 0. The van der Waals surface area contributed by atoms with Crippen LogP contribution in [0, 0.1) is 12.8 Å². The fourth-order valence-corrected chi connectivity index (χ4v) is 1.88. The summed E-state index contributed by atoms with van der Waals surface area (Å²) in [5.74, 6) is 0.683. The predicted octanol–water partition coefficient (Wildman–Crippen LogP) is 1.58. The Balaban J connectivity index is 1.54. The Morgan fingerprint density at radius 1 is 1.33 bits per heavy atom. The van der Waals surface area contributed by atoms with Gasteiger partial charge in [0, 0.05) is 19.7 Å². The molecule has 1 aliphatic rings. The van der Waals surface area contributed by atoms with Crippen LogP contribution in [0.5, 0.6) is 0 Å². The molecule has 5 heteroatoms. The van der Waals surface area contributed by atoms with E-state index in [-0.39, 0.29) is 19.2 Å². The second kappa shape index (κ2) is 8.00. The lowest BCUT2D eigenvalue weighted by molar-refractivity contribution is 0.0337. The molecule has 1 unspecified atom stereocenters. The molecule has 2 rings (SSSR count). The number of aliphatic hydroxyl groups excluding tert-OH is 1. The average molecular weight is 292 g/mol. The van der Waals surface area contributed by atoms with E-state index in [0.717, 1.165) is 12.2 Å². The number of amides is 2. The Morgan fingerprint density at radius 3 is 2.71 bits per heavy atom. The molecule has 1 aromatic rings. The van der Waals surface area contributed by atoms with Crippen LogP contribution in [0.25, 0.3) is 0 Å². The first-order valence-corrected chi connectivity index (χ1v) is 7.46. The highest BCUT2D eigenvalue weighted by atomic mass is 16.5. The number of carbonyl (C=O) groups is 1. The minimum absolute atomic E-state index is 0.199. The van der Waals surface area contributed by atoms with E-state index in [1.165, 1.54) is 18.4 Å². The maximum Gasteiger partial charge on any atom is 0.315 e. The third kappa shape index (κ3) is 6.60. The van der Waals surface area contributed by atoms with Crippen LogP contribution < -0.4 is 10.6 Å². The predicted molar refractivity (Wildman–Crippen MR) is 81.0 cm³/mol. The van der Waals surface area contributed by atoms with E-state index in [1.807, 2.05) is 31.2 Å². The molecule has 21 heavy (non-hydrogen) atoms. The molecule has 1 saturated carbocycles. The van der Waals surface area contributed by atoms with Gasteiger partial charge in [0.15, 0.2) is 0 Å². The van der Waals surface area contributed by atoms with Crippen molar-refractivity contribution in [2.45, 2.75) is 32.4 Å². The van der Waals surface area contributed by atoms with Gasteiger partial charge in [-0.25, -0.2) is 4.79 Å². The maximum atomic E-state index is 11.6. The summed E-state index contributed by atoms with van der Waals surface area (Å²) < 4.78 is 5.37. The molecule has 2 amide bonds. The molecule has 0 aliphatic heterocycles. The minimum Gasteiger partial charge on any atom is -0.389 e. The molecule has 0 bridgehead atoms. The number of hydrogen-bond donors (Lipinski definition) is 3. The smallest absolute Gasteiger partial charge is 0.315 e. The molecule has 1 aliphatic carbocycles. The van der Waals surface area contributed by atoms with Crippen LogP contribution in [-0.4, -0.2) is 37.0 Å². The van der Waals surface area contributed by atoms with E-state index < -0.39 is 6.10 Å². The Kier molecular flexibility index (Phi) is 6.02. The molecule has 0 radical (unpaired) electrons. The van der Waals surface area contributed by atoms with Crippen LogP contribution in [0.3, 0.4) is 0 Å². The van der Waals surface area contributed by atoms with Gasteiger partial charge in [0.1, 0.15) is 0 Å². The quantitative estimate of drug-likeness (QED) is 0.681. The molecule has 0 saturated heterocycles. The third-order valence-corrected chi connectivity index (χ3v) is 3.43. The van der Waals surface area contributed by atoms with Gasteiger partial charge >= 0.3 is 6.03 Å². The molecule has 0 spiro atoms. The van der Waals surface area contributed by atoms with E-state index in [9.17, 15) is 9.90 Å². The van der Waals surface area contributed by atoms with Crippen molar-refractivity contribution in [3.63, 3.8) is 0 Å². The standard InChI is InChI=1S/C16H24N2O3/c1-12-2-4-13(5-3-12)8-17-16(20)18-9-15(19)11-21-10-14-6-7-14/h2-5,14-15,19H,6-11H2,1H3,(H2,17,18,20). The lowest BCUT2D eigenvalue weighted by Crippen LogP contribution is -2.40. The topological polar surface area (TPSA) is 70.6 Å². The van der Waals surface area contributed by atoms with Gasteiger partial charge in [-0.2, -0.15) is 0 Å². The third-order valence-electron chi connectivity index (χ3n) is 3.43. The molecular formula is C16H24N2O3. The Labute approximate surface area is 125 Å². The fourth-order valence-electron chi connectivity index (χ4n) is 1.88. The van der Waals surface area contributed by atoms with Gasteiger partial charge in [-0.3, -0.25) is 0 Å². The molecule has 116 valence electrons. The van der Waals surface area contributed by atoms with Gasteiger partial charge in [0.25, 0.3) is 0 Å². The largest absolute Gasteiger partial charge is 0.389 e. The minimum atomic E-state index is -0.658. The number of ether oxygens (including phenoxy) is 1. The monoisotopic (exact) mass is 292 g/mol. The second-order valence-corrected chi connectivity index (χ2v) is 5.68. The SMILES string of the molecule is Cc1ccc(CNC(=O)NCC(O)COCC2CC2)cc1. The van der Waals surface area contributed by atoms with Crippen LogP contribution in [0.15, 0.2) is 24.3 Å². The summed E-state index contributed by atoms with van der Waals surface area (Å²) in [6.45, 7) is 3.69. The first-order chi connectivity index (χ1) is 10.1. The maximum absolute atomic E-state index is 11.6. The number of nitrogens with one attached hydrogen (secondary N) is 2. The number of hydrogen-bond acceptors (Lipinski definition) is 3. The second-order valence-electron chi connectivity index (χ2n) is 5.68.